The van der Waals surface area contributed by atoms with E-state index in [0.717, 1.165) is 11.2 Å². The molecular weight excluding hydrogens is 251 g/mol. The van der Waals surface area contributed by atoms with Crippen molar-refractivity contribution >= 4 is 12.6 Å². The summed E-state index contributed by atoms with van der Waals surface area (Å²) in [5.41, 5.74) is 1.37. The quantitative estimate of drug-likeness (QED) is 0.772. The van der Waals surface area contributed by atoms with Crippen LogP contribution in [-0.2, 0) is 9.31 Å². The van der Waals surface area contributed by atoms with E-state index in [2.05, 4.69) is 11.1 Å². The van der Waals surface area contributed by atoms with Crippen LogP contribution in [0.3, 0.4) is 0 Å². The van der Waals surface area contributed by atoms with Crippen LogP contribution in [0.5, 0.6) is 0 Å². The number of rotatable bonds is 2. The van der Waals surface area contributed by atoms with Gasteiger partial charge in [-0.25, -0.2) is 4.98 Å². The second kappa shape index (κ2) is 4.31. The van der Waals surface area contributed by atoms with Crippen molar-refractivity contribution < 1.29 is 9.31 Å². The van der Waals surface area contributed by atoms with Crippen LogP contribution in [0.25, 0.3) is 0 Å². The molecule has 0 radical (unpaired) electrons. The Labute approximate surface area is 120 Å². The Morgan fingerprint density at radius 2 is 1.80 bits per heavy atom. The molecule has 0 bridgehead atoms. The average molecular weight is 270 g/mol. The first-order valence-corrected chi connectivity index (χ1v) is 7.11. The Hall–Kier alpha value is -1.38. The molecule has 2 fully saturated rings. The molecular formula is C15H19BN2O2. The maximum Gasteiger partial charge on any atom is 0.497 e. The van der Waals surface area contributed by atoms with Crippen molar-refractivity contribution in [2.24, 2.45) is 0 Å². The van der Waals surface area contributed by atoms with Crippen LogP contribution >= 0.6 is 0 Å². The Morgan fingerprint density at radius 3 is 2.30 bits per heavy atom. The number of aromatic nitrogens is 1. The van der Waals surface area contributed by atoms with E-state index in [1.54, 1.807) is 0 Å². The van der Waals surface area contributed by atoms with Gasteiger partial charge in [-0.05, 0) is 46.6 Å². The van der Waals surface area contributed by atoms with Gasteiger partial charge < -0.3 is 9.31 Å². The van der Waals surface area contributed by atoms with Gasteiger partial charge in [0, 0.05) is 17.1 Å². The molecule has 1 aromatic rings. The highest BCUT2D eigenvalue weighted by molar-refractivity contribution is 6.62. The van der Waals surface area contributed by atoms with E-state index in [1.165, 1.54) is 12.8 Å². The van der Waals surface area contributed by atoms with Crippen LogP contribution in [0, 0.1) is 11.3 Å². The van der Waals surface area contributed by atoms with Gasteiger partial charge in [0.2, 0.25) is 0 Å². The molecule has 2 heterocycles. The van der Waals surface area contributed by atoms with E-state index in [4.69, 9.17) is 9.31 Å². The highest BCUT2D eigenvalue weighted by atomic mass is 16.7. The van der Waals surface area contributed by atoms with Crippen LogP contribution in [0.4, 0.5) is 0 Å². The summed E-state index contributed by atoms with van der Waals surface area (Å²) in [6.45, 7) is 8.02. The smallest absolute Gasteiger partial charge is 0.399 e. The summed E-state index contributed by atoms with van der Waals surface area (Å²) in [5.74, 6) is 0.537. The van der Waals surface area contributed by atoms with Gasteiger partial charge >= 0.3 is 7.12 Å². The fraction of sp³-hybridized carbons (Fsp3) is 0.600. The van der Waals surface area contributed by atoms with Crippen LogP contribution in [-0.4, -0.2) is 23.3 Å². The van der Waals surface area contributed by atoms with Crippen LogP contribution in [0.2, 0.25) is 0 Å². The van der Waals surface area contributed by atoms with Gasteiger partial charge in [0.1, 0.15) is 11.8 Å². The molecule has 0 amide bonds. The Bertz CT molecular complexity index is 572. The first-order valence-electron chi connectivity index (χ1n) is 7.11. The number of pyridine rings is 1. The van der Waals surface area contributed by atoms with Crippen molar-refractivity contribution in [1.82, 2.24) is 4.98 Å². The fourth-order valence-electron chi connectivity index (χ4n) is 2.34. The highest BCUT2D eigenvalue weighted by Gasteiger charge is 2.52. The van der Waals surface area contributed by atoms with Crippen molar-refractivity contribution in [3.8, 4) is 6.07 Å². The highest BCUT2D eigenvalue weighted by Crippen LogP contribution is 2.39. The molecule has 5 heteroatoms. The van der Waals surface area contributed by atoms with Gasteiger partial charge in [0.25, 0.3) is 0 Å². The zero-order valence-corrected chi connectivity index (χ0v) is 12.4. The van der Waals surface area contributed by atoms with Crippen molar-refractivity contribution in [3.05, 3.63) is 23.5 Å². The molecule has 1 aromatic heterocycles. The third kappa shape index (κ3) is 2.13. The lowest BCUT2D eigenvalue weighted by atomic mass is 9.77. The topological polar surface area (TPSA) is 55.1 Å². The second-order valence-corrected chi connectivity index (χ2v) is 6.65. The molecule has 1 aliphatic carbocycles. The molecule has 0 spiro atoms. The average Bonchev–Trinajstić information content (AvgIpc) is 3.17. The zero-order valence-electron chi connectivity index (χ0n) is 12.4. The first-order chi connectivity index (χ1) is 9.34. The third-order valence-corrected chi connectivity index (χ3v) is 4.56. The summed E-state index contributed by atoms with van der Waals surface area (Å²) in [6.07, 6.45) is 2.35. The summed E-state index contributed by atoms with van der Waals surface area (Å²) in [5, 5.41) is 9.34. The SMILES string of the molecule is CC1(C)OB(c2ccc(C3CC3)nc2C#N)OC1(C)C. The van der Waals surface area contributed by atoms with E-state index in [9.17, 15) is 5.26 Å². The predicted molar refractivity (Wildman–Crippen MR) is 76.6 cm³/mol. The Balaban J connectivity index is 1.93. The maximum atomic E-state index is 9.34. The van der Waals surface area contributed by atoms with Gasteiger partial charge in [-0.15, -0.1) is 0 Å². The molecule has 0 unspecified atom stereocenters. The third-order valence-electron chi connectivity index (χ3n) is 4.56. The maximum absolute atomic E-state index is 9.34. The summed E-state index contributed by atoms with van der Waals surface area (Å²) in [6, 6.07) is 6.11. The monoisotopic (exact) mass is 270 g/mol. The van der Waals surface area contributed by atoms with Gasteiger partial charge in [-0.1, -0.05) is 6.07 Å². The first kappa shape index (κ1) is 13.6. The lowest BCUT2D eigenvalue weighted by molar-refractivity contribution is 0.00578. The van der Waals surface area contributed by atoms with Gasteiger partial charge in [-0.3, -0.25) is 0 Å². The normalized spacial score (nSPS) is 23.6. The largest absolute Gasteiger partial charge is 0.497 e. The van der Waals surface area contributed by atoms with E-state index in [0.29, 0.717) is 11.6 Å². The van der Waals surface area contributed by atoms with Crippen molar-refractivity contribution in [1.29, 1.82) is 5.26 Å². The minimum absolute atomic E-state index is 0.403. The van der Waals surface area contributed by atoms with Crippen LogP contribution in [0.15, 0.2) is 12.1 Å². The molecule has 3 rings (SSSR count). The molecule has 4 nitrogen and oxygen atoms in total. The molecule has 104 valence electrons. The fourth-order valence-corrected chi connectivity index (χ4v) is 2.34. The van der Waals surface area contributed by atoms with E-state index >= 15 is 0 Å². The molecule has 1 saturated carbocycles. The van der Waals surface area contributed by atoms with Crippen LogP contribution in [0.1, 0.15) is 57.8 Å². The van der Waals surface area contributed by atoms with Gasteiger partial charge in [-0.2, -0.15) is 5.26 Å². The van der Waals surface area contributed by atoms with Gasteiger partial charge in [0.05, 0.1) is 11.2 Å². The van der Waals surface area contributed by atoms with Gasteiger partial charge in [0.15, 0.2) is 0 Å². The summed E-state index contributed by atoms with van der Waals surface area (Å²) >= 11 is 0. The Kier molecular flexibility index (Phi) is 2.93. The lowest BCUT2D eigenvalue weighted by Gasteiger charge is -2.32. The molecule has 2 aliphatic rings. The number of nitrogens with zero attached hydrogens (tertiary/aromatic N) is 2. The van der Waals surface area contributed by atoms with Crippen molar-refractivity contribution in [2.45, 2.75) is 57.7 Å². The molecule has 1 saturated heterocycles. The second-order valence-electron chi connectivity index (χ2n) is 6.65. The predicted octanol–water partition coefficient (Wildman–Crippen LogP) is 2.13. The Morgan fingerprint density at radius 1 is 1.20 bits per heavy atom. The lowest BCUT2D eigenvalue weighted by Crippen LogP contribution is -2.41. The molecule has 0 atom stereocenters. The minimum Gasteiger partial charge on any atom is -0.399 e. The van der Waals surface area contributed by atoms with Crippen molar-refractivity contribution in [3.63, 3.8) is 0 Å². The summed E-state index contributed by atoms with van der Waals surface area (Å²) < 4.78 is 12.0. The molecule has 0 aromatic carbocycles. The molecule has 1 aliphatic heterocycles. The molecule has 0 N–H and O–H groups in total. The van der Waals surface area contributed by atoms with Crippen LogP contribution < -0.4 is 5.46 Å². The van der Waals surface area contributed by atoms with E-state index in [1.807, 2.05) is 39.8 Å². The summed E-state index contributed by atoms with van der Waals surface area (Å²) in [7, 11) is -0.518. The number of hydrogen-bond acceptors (Lipinski definition) is 4. The number of nitriles is 1. The summed E-state index contributed by atoms with van der Waals surface area (Å²) in [4.78, 5) is 4.47. The standard InChI is InChI=1S/C15H19BN2O2/c1-14(2)15(3,4)20-16(19-14)11-7-8-12(10-5-6-10)18-13(11)9-17/h7-8,10H,5-6H2,1-4H3. The number of hydrogen-bond donors (Lipinski definition) is 0. The minimum atomic E-state index is -0.518. The van der Waals surface area contributed by atoms with E-state index < -0.39 is 18.3 Å². The van der Waals surface area contributed by atoms with E-state index in [-0.39, 0.29) is 0 Å². The zero-order chi connectivity index (χ0) is 14.5. The van der Waals surface area contributed by atoms with Crippen molar-refractivity contribution in [2.75, 3.05) is 0 Å². The molecule has 20 heavy (non-hydrogen) atoms.